The molecule has 1 fully saturated rings. The minimum atomic E-state index is -4.45. The highest BCUT2D eigenvalue weighted by Crippen LogP contribution is 2.59. The van der Waals surface area contributed by atoms with Gasteiger partial charge in [0, 0.05) is 24.1 Å². The molecule has 0 spiro atoms. The van der Waals surface area contributed by atoms with E-state index in [1.807, 2.05) is 0 Å². The minimum Gasteiger partial charge on any atom is -0.388 e. The second-order valence-corrected chi connectivity index (χ2v) is 11.1. The number of fused-ring (bicyclic) bond motifs is 1. The van der Waals surface area contributed by atoms with E-state index < -0.39 is 49.0 Å². The molecule has 3 heterocycles. The quantitative estimate of drug-likeness (QED) is 0.276. The Bertz CT molecular complexity index is 1090. The molecule has 7 atom stereocenters. The van der Waals surface area contributed by atoms with Gasteiger partial charge in [-0.25, -0.2) is 4.98 Å². The summed E-state index contributed by atoms with van der Waals surface area (Å²) in [6.45, 7) is 6.08. The first-order valence-electron chi connectivity index (χ1n) is 10.3. The molecule has 4 unspecified atom stereocenters. The highest BCUT2D eigenvalue weighted by Gasteiger charge is 2.50. The molecule has 32 heavy (non-hydrogen) atoms. The summed E-state index contributed by atoms with van der Waals surface area (Å²) in [6.07, 6.45) is -3.17. The second-order valence-electron chi connectivity index (χ2n) is 8.59. The van der Waals surface area contributed by atoms with E-state index in [0.29, 0.717) is 5.39 Å². The van der Waals surface area contributed by atoms with E-state index in [2.05, 4.69) is 9.97 Å². The Hall–Kier alpha value is -1.24. The van der Waals surface area contributed by atoms with Crippen LogP contribution in [0.5, 0.6) is 0 Å². The van der Waals surface area contributed by atoms with E-state index in [0.717, 1.165) is 0 Å². The molecule has 2 aromatic rings. The van der Waals surface area contributed by atoms with Gasteiger partial charge in [-0.05, 0) is 38.9 Å². The molecule has 1 aliphatic rings. The number of rotatable bonds is 8. The molecule has 180 valence electrons. The summed E-state index contributed by atoms with van der Waals surface area (Å²) in [6, 6.07) is 1.21. The third kappa shape index (κ3) is 4.69. The first kappa shape index (κ1) is 25.4. The average molecular weight is 493 g/mol. The Labute approximate surface area is 189 Å². The molecule has 3 rings (SSSR count). The van der Waals surface area contributed by atoms with E-state index in [1.54, 1.807) is 20.8 Å². The van der Waals surface area contributed by atoms with Gasteiger partial charge in [-0.2, -0.15) is 4.39 Å². The van der Waals surface area contributed by atoms with Crippen LogP contribution in [0.4, 0.5) is 4.39 Å². The summed E-state index contributed by atoms with van der Waals surface area (Å²) in [4.78, 5) is 16.9. The fourth-order valence-corrected chi connectivity index (χ4v) is 5.20. The zero-order valence-corrected chi connectivity index (χ0v) is 19.9. The van der Waals surface area contributed by atoms with E-state index in [4.69, 9.17) is 21.5 Å². The maximum absolute atomic E-state index is 13.5. The molecule has 1 aliphatic heterocycles. The zero-order chi connectivity index (χ0) is 24.1. The van der Waals surface area contributed by atoms with Gasteiger partial charge in [-0.1, -0.05) is 13.8 Å². The zero-order valence-electron chi connectivity index (χ0n) is 18.2. The number of nitrogens with one attached hydrogen (secondary N) is 1. The number of hydrogen-bond donors (Lipinski definition) is 5. The standard InChI is InChI=1S/C19H29FN3O7PS/c1-5-18(3,30-31(27,28)19(4,26)6-2)8-11-13(24)14(25)16(29-11)23-9-10-7-12(20)21-15(10)22-17(23)32/h7,9,11,13-14,16,24-26H,5-6,8H2,1-4H3,(H,27,28)(H,21,22,32)/t11-,13?,14+,16-,18?,19?/m1/s1. The van der Waals surface area contributed by atoms with Crippen LogP contribution in [-0.4, -0.2) is 64.0 Å². The number of aliphatic hydroxyl groups excluding tert-OH is 2. The van der Waals surface area contributed by atoms with Crippen molar-refractivity contribution in [2.45, 2.75) is 82.4 Å². The predicted molar refractivity (Wildman–Crippen MR) is 116 cm³/mol. The largest absolute Gasteiger partial charge is 0.388 e. The van der Waals surface area contributed by atoms with E-state index in [1.165, 1.54) is 23.8 Å². The first-order valence-corrected chi connectivity index (χ1v) is 12.3. The van der Waals surface area contributed by atoms with Crippen molar-refractivity contribution in [3.63, 3.8) is 0 Å². The summed E-state index contributed by atoms with van der Waals surface area (Å²) in [7, 11) is -4.45. The molecule has 5 N–H and O–H groups in total. The Morgan fingerprint density at radius 3 is 2.59 bits per heavy atom. The van der Waals surface area contributed by atoms with E-state index >= 15 is 0 Å². The van der Waals surface area contributed by atoms with Gasteiger partial charge in [0.15, 0.2) is 17.5 Å². The van der Waals surface area contributed by atoms with Crippen LogP contribution in [-0.2, 0) is 13.8 Å². The number of aliphatic hydroxyl groups is 3. The molecule has 0 saturated carbocycles. The third-order valence-electron chi connectivity index (χ3n) is 6.11. The summed E-state index contributed by atoms with van der Waals surface area (Å²) < 4.78 is 38.9. The number of ether oxygens (including phenoxy) is 1. The number of aromatic amines is 1. The maximum atomic E-state index is 13.5. The summed E-state index contributed by atoms with van der Waals surface area (Å²) in [5.74, 6) is -0.599. The Kier molecular flexibility index (Phi) is 7.01. The Morgan fingerprint density at radius 2 is 2.00 bits per heavy atom. The predicted octanol–water partition coefficient (Wildman–Crippen LogP) is 2.73. The molecule has 13 heteroatoms. The molecule has 0 bridgehead atoms. The lowest BCUT2D eigenvalue weighted by Crippen LogP contribution is -2.40. The fraction of sp³-hybridized carbons (Fsp3) is 0.684. The van der Waals surface area contributed by atoms with Gasteiger partial charge in [0.05, 0.1) is 11.7 Å². The lowest BCUT2D eigenvalue weighted by atomic mass is 9.93. The lowest BCUT2D eigenvalue weighted by molar-refractivity contribution is -0.0707. The molecule has 0 amide bonds. The molecule has 0 aliphatic carbocycles. The first-order chi connectivity index (χ1) is 14.7. The summed E-state index contributed by atoms with van der Waals surface area (Å²) in [5, 5.41) is 29.9. The monoisotopic (exact) mass is 493 g/mol. The highest BCUT2D eigenvalue weighted by molar-refractivity contribution is 7.71. The van der Waals surface area contributed by atoms with Crippen molar-refractivity contribution in [2.75, 3.05) is 0 Å². The summed E-state index contributed by atoms with van der Waals surface area (Å²) >= 11 is 5.23. The smallest absolute Gasteiger partial charge is 0.359 e. The second kappa shape index (κ2) is 8.84. The Balaban J connectivity index is 1.85. The number of aromatic nitrogens is 3. The molecular weight excluding hydrogens is 464 g/mol. The SMILES string of the molecule is CCC(C)(C[C@H]1O[C@@H](n2cc3cc(F)[nH]c3nc2=S)[C@@H](O)C1O)OP(=O)(O)C(C)(O)CC. The average Bonchev–Trinajstić information content (AvgIpc) is 3.19. The molecule has 10 nitrogen and oxygen atoms in total. The molecule has 0 radical (unpaired) electrons. The fourth-order valence-electron chi connectivity index (χ4n) is 3.55. The van der Waals surface area contributed by atoms with Gasteiger partial charge in [-0.3, -0.25) is 9.13 Å². The number of H-pyrrole nitrogens is 1. The Morgan fingerprint density at radius 1 is 1.34 bits per heavy atom. The van der Waals surface area contributed by atoms with Crippen LogP contribution in [0.25, 0.3) is 11.0 Å². The number of halogens is 1. The van der Waals surface area contributed by atoms with Gasteiger partial charge >= 0.3 is 7.60 Å². The van der Waals surface area contributed by atoms with Crippen molar-refractivity contribution in [2.24, 2.45) is 0 Å². The number of nitrogens with zero attached hydrogens (tertiary/aromatic N) is 2. The molecular formula is C19H29FN3O7PS. The van der Waals surface area contributed by atoms with Gasteiger partial charge in [0.1, 0.15) is 17.9 Å². The van der Waals surface area contributed by atoms with Crippen molar-refractivity contribution in [3.05, 3.63) is 23.0 Å². The van der Waals surface area contributed by atoms with Crippen molar-refractivity contribution in [1.29, 1.82) is 0 Å². The van der Waals surface area contributed by atoms with E-state index in [-0.39, 0.29) is 29.7 Å². The minimum absolute atomic E-state index is 0.00259. The number of hydrogen-bond acceptors (Lipinski definition) is 8. The van der Waals surface area contributed by atoms with E-state index in [9.17, 15) is 29.2 Å². The van der Waals surface area contributed by atoms with Crippen molar-refractivity contribution >= 4 is 30.8 Å². The molecule has 0 aromatic carbocycles. The molecule has 1 saturated heterocycles. The van der Waals surface area contributed by atoms with Crippen molar-refractivity contribution < 1.29 is 38.4 Å². The van der Waals surface area contributed by atoms with Crippen LogP contribution in [0, 0.1) is 10.7 Å². The normalized spacial score (nSPS) is 29.5. The van der Waals surface area contributed by atoms with Crippen LogP contribution in [0.3, 0.4) is 0 Å². The van der Waals surface area contributed by atoms with Gasteiger partial charge in [0.2, 0.25) is 4.77 Å². The van der Waals surface area contributed by atoms with Gasteiger partial charge in [0.25, 0.3) is 0 Å². The van der Waals surface area contributed by atoms with Crippen LogP contribution in [0.2, 0.25) is 0 Å². The lowest BCUT2D eigenvalue weighted by Gasteiger charge is -2.37. The van der Waals surface area contributed by atoms with Crippen LogP contribution >= 0.6 is 19.8 Å². The third-order valence-corrected chi connectivity index (χ3v) is 8.64. The summed E-state index contributed by atoms with van der Waals surface area (Å²) in [5.41, 5.74) is -1.01. The van der Waals surface area contributed by atoms with Crippen LogP contribution in [0.1, 0.15) is 53.2 Å². The topological polar surface area (TPSA) is 150 Å². The van der Waals surface area contributed by atoms with Gasteiger partial charge in [-0.15, -0.1) is 0 Å². The highest BCUT2D eigenvalue weighted by atomic mass is 32.1. The molecule has 2 aromatic heterocycles. The maximum Gasteiger partial charge on any atom is 0.359 e. The van der Waals surface area contributed by atoms with Crippen LogP contribution in [0.15, 0.2) is 12.3 Å². The van der Waals surface area contributed by atoms with Gasteiger partial charge < -0.3 is 34.5 Å². The van der Waals surface area contributed by atoms with Crippen LogP contribution < -0.4 is 0 Å². The van der Waals surface area contributed by atoms with Crippen molar-refractivity contribution in [1.82, 2.24) is 14.5 Å². The van der Waals surface area contributed by atoms with Crippen molar-refractivity contribution in [3.8, 4) is 0 Å².